The number of rotatable bonds is 3. The number of imide groups is 1. The molecule has 3 amide bonds. The molecule has 0 spiro atoms. The van der Waals surface area contributed by atoms with Crippen LogP contribution in [0.15, 0.2) is 24.3 Å². The minimum atomic E-state index is -0.607. The van der Waals surface area contributed by atoms with Crippen LogP contribution >= 0.6 is 0 Å². The van der Waals surface area contributed by atoms with Crippen molar-refractivity contribution in [2.45, 2.75) is 12.5 Å². The molecule has 2 fully saturated rings. The molecule has 1 aromatic rings. The van der Waals surface area contributed by atoms with E-state index in [0.29, 0.717) is 25.1 Å². The van der Waals surface area contributed by atoms with E-state index < -0.39 is 6.09 Å². The highest BCUT2D eigenvalue weighted by molar-refractivity contribution is 5.99. The molecule has 0 saturated carbocycles. The highest BCUT2D eigenvalue weighted by Crippen LogP contribution is 2.22. The van der Waals surface area contributed by atoms with Gasteiger partial charge < -0.3 is 14.5 Å². The summed E-state index contributed by atoms with van der Waals surface area (Å²) < 4.78 is 4.74. The largest absolute Gasteiger partial charge is 0.439 e. The van der Waals surface area contributed by atoms with E-state index >= 15 is 0 Å². The molecule has 2 aliphatic heterocycles. The molecule has 3 rings (SSSR count). The van der Waals surface area contributed by atoms with Gasteiger partial charge in [-0.2, -0.15) is 0 Å². The quantitative estimate of drug-likeness (QED) is 0.830. The SMILES string of the molecule is CN(C)c1cccc(C(=O)N2CC[C@@H](N3C(=O)COC3=O)C2)c1. The Morgan fingerprint density at radius 1 is 1.30 bits per heavy atom. The number of ether oxygens (including phenoxy) is 1. The smallest absolute Gasteiger partial charge is 0.417 e. The van der Waals surface area contributed by atoms with Gasteiger partial charge in [-0.3, -0.25) is 9.59 Å². The summed E-state index contributed by atoms with van der Waals surface area (Å²) in [7, 11) is 3.83. The third kappa shape index (κ3) is 2.86. The van der Waals surface area contributed by atoms with Crippen molar-refractivity contribution in [2.24, 2.45) is 0 Å². The second kappa shape index (κ2) is 5.91. The maximum Gasteiger partial charge on any atom is 0.417 e. The summed E-state index contributed by atoms with van der Waals surface area (Å²) in [5.74, 6) is -0.417. The minimum Gasteiger partial charge on any atom is -0.439 e. The fourth-order valence-electron chi connectivity index (χ4n) is 2.95. The van der Waals surface area contributed by atoms with Crippen molar-refractivity contribution in [3.63, 3.8) is 0 Å². The van der Waals surface area contributed by atoms with Crippen LogP contribution in [0, 0.1) is 0 Å². The average molecular weight is 317 g/mol. The van der Waals surface area contributed by atoms with Crippen LogP contribution < -0.4 is 4.90 Å². The van der Waals surface area contributed by atoms with E-state index in [1.165, 1.54) is 0 Å². The van der Waals surface area contributed by atoms with E-state index in [0.717, 1.165) is 10.6 Å². The second-order valence-electron chi connectivity index (χ2n) is 5.96. The van der Waals surface area contributed by atoms with Crippen LogP contribution in [-0.2, 0) is 9.53 Å². The lowest BCUT2D eigenvalue weighted by molar-refractivity contribution is -0.127. The molecule has 0 radical (unpaired) electrons. The van der Waals surface area contributed by atoms with Crippen LogP contribution in [0.3, 0.4) is 0 Å². The van der Waals surface area contributed by atoms with E-state index in [4.69, 9.17) is 4.74 Å². The number of likely N-dealkylation sites (tertiary alicyclic amines) is 1. The number of amides is 3. The average Bonchev–Trinajstić information content (AvgIpc) is 3.13. The Hall–Kier alpha value is -2.57. The van der Waals surface area contributed by atoms with Gasteiger partial charge in [0.1, 0.15) is 0 Å². The summed E-state index contributed by atoms with van der Waals surface area (Å²) in [5.41, 5.74) is 1.55. The maximum atomic E-state index is 12.6. The van der Waals surface area contributed by atoms with Crippen LogP contribution in [0.2, 0.25) is 0 Å². The number of cyclic esters (lactones) is 1. The van der Waals surface area contributed by atoms with Gasteiger partial charge >= 0.3 is 6.09 Å². The maximum absolute atomic E-state index is 12.6. The monoisotopic (exact) mass is 317 g/mol. The molecule has 0 unspecified atom stereocenters. The van der Waals surface area contributed by atoms with Crippen LogP contribution in [0.4, 0.5) is 10.5 Å². The highest BCUT2D eigenvalue weighted by atomic mass is 16.6. The zero-order chi connectivity index (χ0) is 16.6. The minimum absolute atomic E-state index is 0.0868. The lowest BCUT2D eigenvalue weighted by atomic mass is 10.1. The highest BCUT2D eigenvalue weighted by Gasteiger charge is 2.41. The Kier molecular flexibility index (Phi) is 3.94. The van der Waals surface area contributed by atoms with E-state index in [1.54, 1.807) is 11.0 Å². The number of nitrogens with zero attached hydrogens (tertiary/aromatic N) is 3. The van der Waals surface area contributed by atoms with Crippen LogP contribution in [0.1, 0.15) is 16.8 Å². The van der Waals surface area contributed by atoms with Gasteiger partial charge in [0, 0.05) is 38.4 Å². The zero-order valence-corrected chi connectivity index (χ0v) is 13.2. The normalized spacial score (nSPS) is 20.9. The fourth-order valence-corrected chi connectivity index (χ4v) is 2.95. The summed E-state index contributed by atoms with van der Waals surface area (Å²) in [6, 6.07) is 7.10. The molecule has 7 nitrogen and oxygen atoms in total. The number of hydrogen-bond donors (Lipinski definition) is 0. The summed E-state index contributed by atoms with van der Waals surface area (Å²) in [6.07, 6.45) is -0.0242. The molecule has 0 bridgehead atoms. The predicted octanol–water partition coefficient (Wildman–Crippen LogP) is 0.946. The Morgan fingerprint density at radius 3 is 2.74 bits per heavy atom. The molecule has 2 saturated heterocycles. The first kappa shape index (κ1) is 15.3. The fraction of sp³-hybridized carbons (Fsp3) is 0.438. The molecular weight excluding hydrogens is 298 g/mol. The number of benzene rings is 1. The standard InChI is InChI=1S/C16H19N3O4/c1-17(2)12-5-3-4-11(8-12)15(21)18-7-6-13(9-18)19-14(20)10-23-16(19)22/h3-5,8,13H,6-7,9-10H2,1-2H3/t13-/m1/s1. The molecule has 2 aliphatic rings. The van der Waals surface area contributed by atoms with Crippen molar-refractivity contribution >= 4 is 23.6 Å². The third-order valence-electron chi connectivity index (χ3n) is 4.21. The van der Waals surface area contributed by atoms with E-state index in [2.05, 4.69) is 0 Å². The van der Waals surface area contributed by atoms with Crippen molar-refractivity contribution < 1.29 is 19.1 Å². The van der Waals surface area contributed by atoms with Crippen molar-refractivity contribution in [1.82, 2.24) is 9.80 Å². The summed E-state index contributed by atoms with van der Waals surface area (Å²) in [6.45, 7) is 0.673. The summed E-state index contributed by atoms with van der Waals surface area (Å²) >= 11 is 0. The Morgan fingerprint density at radius 2 is 2.09 bits per heavy atom. The molecule has 1 aromatic carbocycles. The number of carbonyl (C=O) groups excluding carboxylic acids is 3. The first-order chi connectivity index (χ1) is 11.0. The number of hydrogen-bond acceptors (Lipinski definition) is 5. The van der Waals surface area contributed by atoms with Crippen LogP contribution in [0.25, 0.3) is 0 Å². The van der Waals surface area contributed by atoms with Crippen molar-refractivity contribution in [3.05, 3.63) is 29.8 Å². The van der Waals surface area contributed by atoms with E-state index in [9.17, 15) is 14.4 Å². The van der Waals surface area contributed by atoms with Gasteiger partial charge in [0.05, 0.1) is 6.04 Å². The lowest BCUT2D eigenvalue weighted by Gasteiger charge is -2.21. The molecule has 0 aromatic heterocycles. The molecular formula is C16H19N3O4. The first-order valence-corrected chi connectivity index (χ1v) is 7.53. The zero-order valence-electron chi connectivity index (χ0n) is 13.2. The van der Waals surface area contributed by atoms with Gasteiger partial charge in [-0.05, 0) is 24.6 Å². The molecule has 0 N–H and O–H groups in total. The lowest BCUT2D eigenvalue weighted by Crippen LogP contribution is -2.42. The first-order valence-electron chi connectivity index (χ1n) is 7.53. The van der Waals surface area contributed by atoms with Gasteiger partial charge in [0.25, 0.3) is 11.8 Å². The van der Waals surface area contributed by atoms with E-state index in [1.807, 2.05) is 37.2 Å². The van der Waals surface area contributed by atoms with E-state index in [-0.39, 0.29) is 24.5 Å². The van der Waals surface area contributed by atoms with Gasteiger partial charge in [0.15, 0.2) is 6.61 Å². The Labute approximate surface area is 134 Å². The molecule has 122 valence electrons. The molecule has 23 heavy (non-hydrogen) atoms. The van der Waals surface area contributed by atoms with Crippen molar-refractivity contribution in [3.8, 4) is 0 Å². The van der Waals surface area contributed by atoms with Gasteiger partial charge in [-0.1, -0.05) is 6.07 Å². The van der Waals surface area contributed by atoms with Gasteiger partial charge in [-0.25, -0.2) is 9.69 Å². The number of carbonyl (C=O) groups is 3. The number of anilines is 1. The predicted molar refractivity (Wildman–Crippen MR) is 83.3 cm³/mol. The van der Waals surface area contributed by atoms with Crippen LogP contribution in [-0.4, -0.2) is 67.5 Å². The molecule has 2 heterocycles. The van der Waals surface area contributed by atoms with Gasteiger partial charge in [-0.15, -0.1) is 0 Å². The topological polar surface area (TPSA) is 70.2 Å². The van der Waals surface area contributed by atoms with Gasteiger partial charge in [0.2, 0.25) is 0 Å². The summed E-state index contributed by atoms with van der Waals surface area (Å²) in [5, 5.41) is 0. The Balaban J connectivity index is 1.71. The van der Waals surface area contributed by atoms with Crippen molar-refractivity contribution in [1.29, 1.82) is 0 Å². The Bertz CT molecular complexity index is 642. The second-order valence-corrected chi connectivity index (χ2v) is 5.96. The van der Waals surface area contributed by atoms with Crippen LogP contribution in [0.5, 0.6) is 0 Å². The molecule has 0 aliphatic carbocycles. The molecule has 7 heteroatoms. The molecule has 1 atom stereocenters. The third-order valence-corrected chi connectivity index (χ3v) is 4.21. The van der Waals surface area contributed by atoms with Crippen molar-refractivity contribution in [2.75, 3.05) is 38.7 Å². The summed E-state index contributed by atoms with van der Waals surface area (Å²) in [4.78, 5) is 40.7.